The number of carbonyl (C=O) groups excluding carboxylic acids is 1. The van der Waals surface area contributed by atoms with Crippen LogP contribution in [-0.4, -0.2) is 15.9 Å². The Morgan fingerprint density at radius 1 is 1.26 bits per heavy atom. The second-order valence-corrected chi connectivity index (χ2v) is 4.61. The van der Waals surface area contributed by atoms with Crippen LogP contribution < -0.4 is 0 Å². The number of aryl methyl sites for hydroxylation is 2. The first-order chi connectivity index (χ1) is 9.20. The van der Waals surface area contributed by atoms with Crippen LogP contribution in [0.2, 0.25) is 0 Å². The summed E-state index contributed by atoms with van der Waals surface area (Å²) in [5, 5.41) is 3.94. The van der Waals surface area contributed by atoms with Gasteiger partial charge in [0.2, 0.25) is 5.89 Å². The molecule has 0 aliphatic heterocycles. The molecule has 0 aliphatic carbocycles. The average Bonchev–Trinajstić information content (AvgIpc) is 2.87. The maximum atomic E-state index is 11.4. The van der Waals surface area contributed by atoms with Crippen LogP contribution in [0.3, 0.4) is 0 Å². The van der Waals surface area contributed by atoms with Crippen molar-refractivity contribution in [2.75, 3.05) is 0 Å². The molecular formula is C15H18N2O2. The molecule has 0 N–H and O–H groups in total. The molecule has 100 valence electrons. The topological polar surface area (TPSA) is 56.0 Å². The van der Waals surface area contributed by atoms with E-state index in [9.17, 15) is 4.79 Å². The number of Topliss-reactive ketones (excluding diaryl/α,β-unsaturated/α-hetero) is 1. The largest absolute Gasteiger partial charge is 0.339 e. The molecule has 1 atom stereocenters. The highest BCUT2D eigenvalue weighted by atomic mass is 16.5. The molecule has 2 rings (SSSR count). The van der Waals surface area contributed by atoms with Crippen molar-refractivity contribution in [3.05, 3.63) is 47.6 Å². The number of hydrogen-bond donors (Lipinski definition) is 0. The highest BCUT2D eigenvalue weighted by Crippen LogP contribution is 2.18. The Morgan fingerprint density at radius 2 is 2.00 bits per heavy atom. The standard InChI is InChI=1S/C15H18N2O2/c1-3-13(11(2)18)15-16-14(17-19-15)10-9-12-7-5-4-6-8-12/h4-8,13H,3,9-10H2,1-2H3. The third-order valence-corrected chi connectivity index (χ3v) is 3.16. The predicted molar refractivity (Wildman–Crippen MR) is 71.9 cm³/mol. The lowest BCUT2D eigenvalue weighted by atomic mass is 10.0. The first kappa shape index (κ1) is 13.5. The summed E-state index contributed by atoms with van der Waals surface area (Å²) < 4.78 is 5.19. The number of hydrogen-bond acceptors (Lipinski definition) is 4. The number of nitrogens with zero attached hydrogens (tertiary/aromatic N) is 2. The number of aromatic nitrogens is 2. The lowest BCUT2D eigenvalue weighted by Crippen LogP contribution is -2.08. The Balaban J connectivity index is 1.99. The van der Waals surface area contributed by atoms with Gasteiger partial charge in [-0.2, -0.15) is 4.98 Å². The van der Waals surface area contributed by atoms with E-state index in [1.807, 2.05) is 25.1 Å². The fourth-order valence-corrected chi connectivity index (χ4v) is 2.05. The van der Waals surface area contributed by atoms with E-state index in [0.29, 0.717) is 18.1 Å². The summed E-state index contributed by atoms with van der Waals surface area (Å²) in [6, 6.07) is 10.2. The molecule has 1 aromatic heterocycles. The van der Waals surface area contributed by atoms with Gasteiger partial charge in [-0.1, -0.05) is 42.4 Å². The summed E-state index contributed by atoms with van der Waals surface area (Å²) in [6.45, 7) is 3.50. The molecule has 0 aliphatic rings. The summed E-state index contributed by atoms with van der Waals surface area (Å²) in [5.74, 6) is 0.912. The number of ketones is 1. The molecule has 0 radical (unpaired) electrons. The van der Waals surface area contributed by atoms with E-state index in [1.165, 1.54) is 5.56 Å². The maximum absolute atomic E-state index is 11.4. The van der Waals surface area contributed by atoms with Gasteiger partial charge in [0.15, 0.2) is 5.82 Å². The van der Waals surface area contributed by atoms with Crippen molar-refractivity contribution in [2.24, 2.45) is 0 Å². The molecule has 19 heavy (non-hydrogen) atoms. The number of carbonyl (C=O) groups is 1. The Hall–Kier alpha value is -1.97. The zero-order valence-electron chi connectivity index (χ0n) is 11.3. The number of rotatable bonds is 6. The van der Waals surface area contributed by atoms with Crippen LogP contribution in [0.15, 0.2) is 34.9 Å². The monoisotopic (exact) mass is 258 g/mol. The molecule has 2 aromatic rings. The van der Waals surface area contributed by atoms with Crippen LogP contribution in [0.1, 0.15) is 43.5 Å². The Kier molecular flexibility index (Phi) is 4.44. The van der Waals surface area contributed by atoms with Crippen LogP contribution in [0.5, 0.6) is 0 Å². The fourth-order valence-electron chi connectivity index (χ4n) is 2.05. The molecule has 1 aromatic carbocycles. The minimum absolute atomic E-state index is 0.0701. The van der Waals surface area contributed by atoms with Crippen molar-refractivity contribution in [1.29, 1.82) is 0 Å². The van der Waals surface area contributed by atoms with Gasteiger partial charge in [0, 0.05) is 6.42 Å². The zero-order valence-corrected chi connectivity index (χ0v) is 11.3. The molecule has 0 bridgehead atoms. The lowest BCUT2D eigenvalue weighted by molar-refractivity contribution is -0.119. The second kappa shape index (κ2) is 6.27. The van der Waals surface area contributed by atoms with Crippen LogP contribution in [0.4, 0.5) is 0 Å². The van der Waals surface area contributed by atoms with Crippen molar-refractivity contribution in [1.82, 2.24) is 10.1 Å². The van der Waals surface area contributed by atoms with Crippen molar-refractivity contribution in [3.8, 4) is 0 Å². The Labute approximate surface area is 112 Å². The summed E-state index contributed by atoms with van der Waals surface area (Å²) >= 11 is 0. The van der Waals surface area contributed by atoms with Gasteiger partial charge in [0.05, 0.1) is 5.92 Å². The van der Waals surface area contributed by atoms with Gasteiger partial charge in [0.25, 0.3) is 0 Å². The summed E-state index contributed by atoms with van der Waals surface area (Å²) in [5.41, 5.74) is 1.24. The molecule has 0 saturated carbocycles. The molecule has 4 nitrogen and oxygen atoms in total. The first-order valence-electron chi connectivity index (χ1n) is 6.57. The van der Waals surface area contributed by atoms with E-state index in [0.717, 1.165) is 12.8 Å². The van der Waals surface area contributed by atoms with E-state index < -0.39 is 0 Å². The molecule has 0 spiro atoms. The first-order valence-corrected chi connectivity index (χ1v) is 6.57. The van der Waals surface area contributed by atoms with Gasteiger partial charge in [-0.15, -0.1) is 0 Å². The Morgan fingerprint density at radius 3 is 2.63 bits per heavy atom. The van der Waals surface area contributed by atoms with Gasteiger partial charge >= 0.3 is 0 Å². The van der Waals surface area contributed by atoms with Crippen LogP contribution in [-0.2, 0) is 17.6 Å². The molecule has 4 heteroatoms. The van der Waals surface area contributed by atoms with Gasteiger partial charge in [0.1, 0.15) is 5.78 Å². The average molecular weight is 258 g/mol. The normalized spacial score (nSPS) is 12.3. The van der Waals surface area contributed by atoms with E-state index >= 15 is 0 Å². The van der Waals surface area contributed by atoms with E-state index in [1.54, 1.807) is 6.92 Å². The smallest absolute Gasteiger partial charge is 0.237 e. The highest BCUT2D eigenvalue weighted by molar-refractivity contribution is 5.82. The molecule has 0 amide bonds. The van der Waals surface area contributed by atoms with E-state index in [-0.39, 0.29) is 11.7 Å². The Bertz CT molecular complexity index is 534. The third-order valence-electron chi connectivity index (χ3n) is 3.16. The molecule has 0 fully saturated rings. The molecule has 1 heterocycles. The highest BCUT2D eigenvalue weighted by Gasteiger charge is 2.21. The van der Waals surface area contributed by atoms with Crippen LogP contribution in [0.25, 0.3) is 0 Å². The number of benzene rings is 1. The molecule has 1 unspecified atom stereocenters. The zero-order chi connectivity index (χ0) is 13.7. The molecule has 0 saturated heterocycles. The quantitative estimate of drug-likeness (QED) is 0.799. The minimum atomic E-state index is -0.266. The van der Waals surface area contributed by atoms with Crippen molar-refractivity contribution < 1.29 is 9.32 Å². The summed E-state index contributed by atoms with van der Waals surface area (Å²) in [7, 11) is 0. The van der Waals surface area contributed by atoms with E-state index in [2.05, 4.69) is 22.3 Å². The van der Waals surface area contributed by atoms with Crippen molar-refractivity contribution >= 4 is 5.78 Å². The maximum Gasteiger partial charge on any atom is 0.237 e. The van der Waals surface area contributed by atoms with Crippen molar-refractivity contribution in [3.63, 3.8) is 0 Å². The predicted octanol–water partition coefficient (Wildman–Crippen LogP) is 2.94. The van der Waals surface area contributed by atoms with Crippen LogP contribution >= 0.6 is 0 Å². The fraction of sp³-hybridized carbons (Fsp3) is 0.400. The van der Waals surface area contributed by atoms with Crippen molar-refractivity contribution in [2.45, 2.75) is 39.0 Å². The molecular weight excluding hydrogens is 240 g/mol. The van der Waals surface area contributed by atoms with Gasteiger partial charge in [-0.25, -0.2) is 0 Å². The minimum Gasteiger partial charge on any atom is -0.339 e. The van der Waals surface area contributed by atoms with Crippen LogP contribution in [0, 0.1) is 0 Å². The van der Waals surface area contributed by atoms with Gasteiger partial charge in [-0.3, -0.25) is 4.79 Å². The third kappa shape index (κ3) is 3.50. The lowest BCUT2D eigenvalue weighted by Gasteiger charge is -2.03. The summed E-state index contributed by atoms with van der Waals surface area (Å²) in [6.07, 6.45) is 2.29. The van der Waals surface area contributed by atoms with E-state index in [4.69, 9.17) is 4.52 Å². The summed E-state index contributed by atoms with van der Waals surface area (Å²) in [4.78, 5) is 15.8. The van der Waals surface area contributed by atoms with Gasteiger partial charge < -0.3 is 4.52 Å². The second-order valence-electron chi connectivity index (χ2n) is 4.61. The van der Waals surface area contributed by atoms with Gasteiger partial charge in [-0.05, 0) is 25.3 Å². The SMILES string of the molecule is CCC(C(C)=O)c1nc(CCc2ccccc2)no1.